The van der Waals surface area contributed by atoms with Crippen molar-refractivity contribution in [1.29, 1.82) is 0 Å². The highest BCUT2D eigenvalue weighted by atomic mass is 19.2. The Morgan fingerprint density at radius 3 is 2.44 bits per heavy atom. The third-order valence-electron chi connectivity index (χ3n) is 5.13. The zero-order chi connectivity index (χ0) is 22.7. The Bertz CT molecular complexity index is 1260. The Morgan fingerprint density at radius 1 is 1.00 bits per heavy atom. The molecule has 1 amide bonds. The number of rotatable bonds is 6. The van der Waals surface area contributed by atoms with E-state index in [2.05, 4.69) is 10.4 Å². The topological polar surface area (TPSA) is 56.2 Å². The molecule has 32 heavy (non-hydrogen) atoms. The molecule has 4 rings (SSSR count). The summed E-state index contributed by atoms with van der Waals surface area (Å²) in [5, 5.41) is 7.50. The first-order valence-electron chi connectivity index (χ1n) is 10.0. The van der Waals surface area contributed by atoms with Crippen LogP contribution in [-0.2, 0) is 0 Å². The lowest BCUT2D eigenvalue weighted by Crippen LogP contribution is -2.27. The molecular formula is C25H21F2N3O2. The van der Waals surface area contributed by atoms with Crippen LogP contribution in [0.15, 0.2) is 79.0 Å². The fourth-order valence-electron chi connectivity index (χ4n) is 3.43. The Kier molecular flexibility index (Phi) is 5.98. The van der Waals surface area contributed by atoms with Crippen molar-refractivity contribution in [3.05, 3.63) is 102 Å². The first-order chi connectivity index (χ1) is 15.5. The van der Waals surface area contributed by atoms with Crippen LogP contribution in [0.3, 0.4) is 0 Å². The molecule has 162 valence electrons. The number of carbonyl (C=O) groups excluding carboxylic acids is 1. The molecule has 3 aromatic carbocycles. The lowest BCUT2D eigenvalue weighted by molar-refractivity contribution is 0.0940. The lowest BCUT2D eigenvalue weighted by Gasteiger charge is -2.15. The number of hydrogen-bond acceptors (Lipinski definition) is 3. The molecule has 4 aromatic rings. The van der Waals surface area contributed by atoms with E-state index in [9.17, 15) is 13.6 Å². The van der Waals surface area contributed by atoms with Crippen molar-refractivity contribution < 1.29 is 18.3 Å². The van der Waals surface area contributed by atoms with Crippen LogP contribution >= 0.6 is 0 Å². The third-order valence-corrected chi connectivity index (χ3v) is 5.13. The van der Waals surface area contributed by atoms with Gasteiger partial charge in [-0.2, -0.15) is 5.10 Å². The molecular weight excluding hydrogens is 412 g/mol. The van der Waals surface area contributed by atoms with Crippen molar-refractivity contribution in [1.82, 2.24) is 15.1 Å². The fraction of sp³-hybridized carbons (Fsp3) is 0.120. The monoisotopic (exact) mass is 433 g/mol. The molecule has 0 saturated heterocycles. The molecule has 1 heterocycles. The van der Waals surface area contributed by atoms with Crippen molar-refractivity contribution in [2.24, 2.45) is 0 Å². The van der Waals surface area contributed by atoms with Crippen molar-refractivity contribution in [2.45, 2.75) is 13.0 Å². The minimum absolute atomic E-state index is 0.327. The van der Waals surface area contributed by atoms with Gasteiger partial charge >= 0.3 is 0 Å². The summed E-state index contributed by atoms with van der Waals surface area (Å²) in [5.74, 6) is -1.72. The molecule has 0 aliphatic heterocycles. The van der Waals surface area contributed by atoms with Gasteiger partial charge in [-0.05, 0) is 48.9 Å². The molecule has 1 N–H and O–H groups in total. The van der Waals surface area contributed by atoms with Crippen molar-refractivity contribution >= 4 is 5.91 Å². The molecule has 0 fully saturated rings. The quantitative estimate of drug-likeness (QED) is 0.448. The van der Waals surface area contributed by atoms with Gasteiger partial charge in [0.15, 0.2) is 11.6 Å². The van der Waals surface area contributed by atoms with Crippen LogP contribution in [0.2, 0.25) is 0 Å². The minimum Gasteiger partial charge on any atom is -0.496 e. The summed E-state index contributed by atoms with van der Waals surface area (Å²) in [6.45, 7) is 1.70. The van der Waals surface area contributed by atoms with Gasteiger partial charge in [-0.3, -0.25) is 4.79 Å². The minimum atomic E-state index is -0.963. The number of benzene rings is 3. The maximum atomic E-state index is 13.6. The van der Waals surface area contributed by atoms with Crippen LogP contribution in [0.4, 0.5) is 8.78 Å². The van der Waals surface area contributed by atoms with Crippen LogP contribution in [0, 0.1) is 11.6 Å². The standard InChI is InChI=1S/C25H21F2N3O2/c1-16(17-12-13-21(26)22(27)14-17)28-25(31)20-15-30(18-8-4-3-5-9-18)29-24(20)19-10-6-7-11-23(19)32-2/h3-16H,1-2H3,(H,28,31). The van der Waals surface area contributed by atoms with Crippen molar-refractivity contribution in [3.63, 3.8) is 0 Å². The average molecular weight is 433 g/mol. The van der Waals surface area contributed by atoms with Gasteiger partial charge in [-0.25, -0.2) is 13.5 Å². The van der Waals surface area contributed by atoms with Gasteiger partial charge < -0.3 is 10.1 Å². The van der Waals surface area contributed by atoms with E-state index in [0.29, 0.717) is 28.1 Å². The highest BCUT2D eigenvalue weighted by Crippen LogP contribution is 2.32. The highest BCUT2D eigenvalue weighted by molar-refractivity contribution is 6.00. The van der Waals surface area contributed by atoms with Gasteiger partial charge in [-0.1, -0.05) is 36.4 Å². The summed E-state index contributed by atoms with van der Waals surface area (Å²) >= 11 is 0. The van der Waals surface area contributed by atoms with E-state index in [1.54, 1.807) is 31.0 Å². The van der Waals surface area contributed by atoms with Crippen molar-refractivity contribution in [2.75, 3.05) is 7.11 Å². The van der Waals surface area contributed by atoms with Gasteiger partial charge in [0.05, 0.1) is 24.4 Å². The molecule has 0 aliphatic rings. The van der Waals surface area contributed by atoms with Crippen LogP contribution in [0.5, 0.6) is 5.75 Å². The summed E-state index contributed by atoms with van der Waals surface area (Å²) in [5.41, 5.74) is 2.67. The molecule has 1 unspecified atom stereocenters. The number of para-hydroxylation sites is 2. The summed E-state index contributed by atoms with van der Waals surface area (Å²) in [6.07, 6.45) is 1.64. The lowest BCUT2D eigenvalue weighted by atomic mass is 10.0. The fourth-order valence-corrected chi connectivity index (χ4v) is 3.43. The number of amides is 1. The maximum absolute atomic E-state index is 13.6. The van der Waals surface area contributed by atoms with Crippen molar-refractivity contribution in [3.8, 4) is 22.7 Å². The van der Waals surface area contributed by atoms with E-state index < -0.39 is 23.6 Å². The van der Waals surface area contributed by atoms with E-state index >= 15 is 0 Å². The SMILES string of the molecule is COc1ccccc1-c1nn(-c2ccccc2)cc1C(=O)NC(C)c1ccc(F)c(F)c1. The summed E-state index contributed by atoms with van der Waals surface area (Å²) in [7, 11) is 1.55. The molecule has 0 spiro atoms. The average Bonchev–Trinajstić information content (AvgIpc) is 3.27. The normalized spacial score (nSPS) is 11.8. The number of methoxy groups -OCH3 is 1. The first-order valence-corrected chi connectivity index (χ1v) is 10.0. The number of halogens is 2. The van der Waals surface area contributed by atoms with Crippen LogP contribution in [0.1, 0.15) is 28.9 Å². The highest BCUT2D eigenvalue weighted by Gasteiger charge is 2.22. The smallest absolute Gasteiger partial charge is 0.255 e. The first kappa shape index (κ1) is 21.2. The molecule has 0 bridgehead atoms. The molecule has 0 aliphatic carbocycles. The third kappa shape index (κ3) is 4.23. The predicted molar refractivity (Wildman–Crippen MR) is 118 cm³/mol. The zero-order valence-electron chi connectivity index (χ0n) is 17.5. The van der Waals surface area contributed by atoms with Gasteiger partial charge in [0.2, 0.25) is 0 Å². The second-order valence-electron chi connectivity index (χ2n) is 7.24. The van der Waals surface area contributed by atoms with Crippen LogP contribution in [0.25, 0.3) is 16.9 Å². The second kappa shape index (κ2) is 9.01. The molecule has 1 aromatic heterocycles. The molecule has 7 heteroatoms. The van der Waals surface area contributed by atoms with E-state index in [1.165, 1.54) is 6.07 Å². The Labute approximate surface area is 184 Å². The van der Waals surface area contributed by atoms with E-state index in [0.717, 1.165) is 17.8 Å². The number of nitrogens with one attached hydrogen (secondary N) is 1. The molecule has 0 radical (unpaired) electrons. The summed E-state index contributed by atoms with van der Waals surface area (Å²) in [6, 6.07) is 19.7. The van der Waals surface area contributed by atoms with Gasteiger partial charge in [0.25, 0.3) is 5.91 Å². The number of carbonyl (C=O) groups is 1. The van der Waals surface area contributed by atoms with Gasteiger partial charge in [0, 0.05) is 11.8 Å². The number of aromatic nitrogens is 2. The van der Waals surface area contributed by atoms with E-state index in [1.807, 2.05) is 48.5 Å². The number of hydrogen-bond donors (Lipinski definition) is 1. The van der Waals surface area contributed by atoms with Gasteiger partial charge in [-0.15, -0.1) is 0 Å². The summed E-state index contributed by atoms with van der Waals surface area (Å²) in [4.78, 5) is 13.2. The maximum Gasteiger partial charge on any atom is 0.255 e. The molecule has 5 nitrogen and oxygen atoms in total. The number of ether oxygens (including phenoxy) is 1. The largest absolute Gasteiger partial charge is 0.496 e. The van der Waals surface area contributed by atoms with E-state index in [-0.39, 0.29) is 0 Å². The molecule has 1 atom stereocenters. The Hall–Kier alpha value is -4.00. The van der Waals surface area contributed by atoms with Crippen LogP contribution < -0.4 is 10.1 Å². The predicted octanol–water partition coefficient (Wildman–Crippen LogP) is 5.32. The second-order valence-corrected chi connectivity index (χ2v) is 7.24. The van der Waals surface area contributed by atoms with E-state index in [4.69, 9.17) is 4.74 Å². The Morgan fingerprint density at radius 2 is 1.72 bits per heavy atom. The zero-order valence-corrected chi connectivity index (χ0v) is 17.5. The Balaban J connectivity index is 1.73. The van der Waals surface area contributed by atoms with Crippen LogP contribution in [-0.4, -0.2) is 22.8 Å². The number of nitrogens with zero attached hydrogens (tertiary/aromatic N) is 2. The van der Waals surface area contributed by atoms with Gasteiger partial charge in [0.1, 0.15) is 11.4 Å². The molecule has 0 saturated carbocycles. The summed E-state index contributed by atoms with van der Waals surface area (Å²) < 4.78 is 34.0.